The Balaban J connectivity index is 2.02. The van der Waals surface area contributed by atoms with Gasteiger partial charge in [-0.1, -0.05) is 20.3 Å². The van der Waals surface area contributed by atoms with Crippen LogP contribution in [0.25, 0.3) is 0 Å². The summed E-state index contributed by atoms with van der Waals surface area (Å²) in [5.41, 5.74) is 0. The van der Waals surface area contributed by atoms with Crippen LogP contribution >= 0.6 is 11.6 Å². The first kappa shape index (κ1) is 14.1. The van der Waals surface area contributed by atoms with Gasteiger partial charge in [-0.15, -0.1) is 11.6 Å². The van der Waals surface area contributed by atoms with E-state index in [9.17, 15) is 9.90 Å². The van der Waals surface area contributed by atoms with E-state index in [2.05, 4.69) is 13.8 Å². The molecule has 0 bridgehead atoms. The van der Waals surface area contributed by atoms with E-state index in [0.717, 1.165) is 25.7 Å². The van der Waals surface area contributed by atoms with E-state index in [1.807, 2.05) is 0 Å². The zero-order valence-corrected chi connectivity index (χ0v) is 12.1. The van der Waals surface area contributed by atoms with Crippen molar-refractivity contribution in [1.82, 2.24) is 4.90 Å². The lowest BCUT2D eigenvalue weighted by atomic mass is 9.71. The summed E-state index contributed by atoms with van der Waals surface area (Å²) >= 11 is 6.24. The molecule has 1 N–H and O–H groups in total. The second-order valence-corrected chi connectivity index (χ2v) is 6.58. The number of nitrogens with zero attached hydrogens (tertiary/aromatic N) is 1. The molecule has 2 fully saturated rings. The molecule has 2 rings (SSSR count). The van der Waals surface area contributed by atoms with Crippen LogP contribution in [0.5, 0.6) is 0 Å². The normalized spacial score (nSPS) is 35.1. The number of halogens is 1. The zero-order chi connectivity index (χ0) is 13.3. The highest BCUT2D eigenvalue weighted by Gasteiger charge is 2.41. The molecule has 0 radical (unpaired) electrons. The predicted molar refractivity (Wildman–Crippen MR) is 72.5 cm³/mol. The fraction of sp³-hybridized carbons (Fsp3) is 0.929. The van der Waals surface area contributed by atoms with E-state index in [4.69, 9.17) is 11.6 Å². The highest BCUT2D eigenvalue weighted by Crippen LogP contribution is 2.39. The van der Waals surface area contributed by atoms with Crippen molar-refractivity contribution in [1.29, 1.82) is 0 Å². The molecule has 1 saturated carbocycles. The van der Waals surface area contributed by atoms with Gasteiger partial charge < -0.3 is 10.0 Å². The Hall–Kier alpha value is -0.280. The maximum absolute atomic E-state index is 12.5. The molecule has 0 spiro atoms. The number of aliphatic hydroxyl groups is 1. The van der Waals surface area contributed by atoms with E-state index in [1.54, 1.807) is 4.90 Å². The molecule has 0 aromatic heterocycles. The Morgan fingerprint density at radius 2 is 2.11 bits per heavy atom. The predicted octanol–water partition coefficient (Wildman–Crippen LogP) is 2.26. The van der Waals surface area contributed by atoms with Gasteiger partial charge in [-0.2, -0.15) is 0 Å². The summed E-state index contributed by atoms with van der Waals surface area (Å²) in [6.45, 7) is 5.45. The average molecular weight is 274 g/mol. The first-order chi connectivity index (χ1) is 8.52. The van der Waals surface area contributed by atoms with Crippen molar-refractivity contribution in [2.75, 3.05) is 13.1 Å². The van der Waals surface area contributed by atoms with Crippen LogP contribution in [0.3, 0.4) is 0 Å². The summed E-state index contributed by atoms with van der Waals surface area (Å²) in [4.78, 5) is 14.2. The van der Waals surface area contributed by atoms with Crippen molar-refractivity contribution in [3.8, 4) is 0 Å². The molecule has 18 heavy (non-hydrogen) atoms. The topological polar surface area (TPSA) is 40.5 Å². The lowest BCUT2D eigenvalue weighted by molar-refractivity contribution is -0.149. The quantitative estimate of drug-likeness (QED) is 0.802. The Labute approximate surface area is 114 Å². The Bertz CT molecular complexity index is 304. The fourth-order valence-corrected chi connectivity index (χ4v) is 3.60. The lowest BCUT2D eigenvalue weighted by Gasteiger charge is -2.43. The maximum atomic E-state index is 12.5. The number of carbonyl (C=O) groups is 1. The van der Waals surface area contributed by atoms with Gasteiger partial charge in [0.2, 0.25) is 5.91 Å². The van der Waals surface area contributed by atoms with Crippen LogP contribution in [0.15, 0.2) is 0 Å². The number of amides is 1. The van der Waals surface area contributed by atoms with Gasteiger partial charge in [0.1, 0.15) is 0 Å². The lowest BCUT2D eigenvalue weighted by Crippen LogP contribution is -2.57. The van der Waals surface area contributed by atoms with Crippen LogP contribution in [0, 0.1) is 17.8 Å². The smallest absolute Gasteiger partial charge is 0.226 e. The first-order valence-electron chi connectivity index (χ1n) is 7.13. The molecule has 1 aliphatic heterocycles. The van der Waals surface area contributed by atoms with E-state index in [1.165, 1.54) is 0 Å². The number of hydrogen-bond donors (Lipinski definition) is 1. The largest absolute Gasteiger partial charge is 0.389 e. The Kier molecular flexibility index (Phi) is 4.54. The van der Waals surface area contributed by atoms with Gasteiger partial charge in [-0.25, -0.2) is 0 Å². The van der Waals surface area contributed by atoms with Crippen LogP contribution in [0.2, 0.25) is 0 Å². The van der Waals surface area contributed by atoms with Gasteiger partial charge in [0, 0.05) is 24.4 Å². The first-order valence-corrected chi connectivity index (χ1v) is 7.57. The van der Waals surface area contributed by atoms with Gasteiger partial charge in [0.25, 0.3) is 0 Å². The summed E-state index contributed by atoms with van der Waals surface area (Å²) in [6.07, 6.45) is 3.71. The second-order valence-electron chi connectivity index (χ2n) is 5.96. The van der Waals surface area contributed by atoms with E-state index in [-0.39, 0.29) is 23.3 Å². The summed E-state index contributed by atoms with van der Waals surface area (Å²) in [7, 11) is 0. The van der Waals surface area contributed by atoms with Crippen LogP contribution in [0.1, 0.15) is 39.5 Å². The number of alkyl halides is 1. The molecule has 104 valence electrons. The second kappa shape index (κ2) is 5.79. The van der Waals surface area contributed by atoms with Crippen molar-refractivity contribution < 1.29 is 9.90 Å². The van der Waals surface area contributed by atoms with Crippen LogP contribution in [0.4, 0.5) is 0 Å². The molecule has 3 nitrogen and oxygen atoms in total. The highest BCUT2D eigenvalue weighted by atomic mass is 35.5. The third-order valence-corrected chi connectivity index (χ3v) is 5.10. The summed E-state index contributed by atoms with van der Waals surface area (Å²) in [6, 6.07) is 0. The zero-order valence-electron chi connectivity index (χ0n) is 11.3. The molecule has 4 heteroatoms. The monoisotopic (exact) mass is 273 g/mol. The molecule has 1 aliphatic carbocycles. The molecule has 0 aromatic carbocycles. The molecule has 4 atom stereocenters. The number of carbonyl (C=O) groups excluding carboxylic acids is 1. The van der Waals surface area contributed by atoms with Gasteiger partial charge in [-0.05, 0) is 31.1 Å². The summed E-state index contributed by atoms with van der Waals surface area (Å²) in [5, 5.41) is 9.46. The number of aliphatic hydroxyl groups excluding tert-OH is 1. The number of β-amino-alcohol motifs (C(OH)–C–C–N with tert-alkyl or cyclic N) is 1. The minimum Gasteiger partial charge on any atom is -0.389 e. The highest BCUT2D eigenvalue weighted by molar-refractivity contribution is 6.20. The van der Waals surface area contributed by atoms with Crippen molar-refractivity contribution >= 4 is 17.5 Å². The number of likely N-dealkylation sites (tertiary alicyclic amines) is 1. The third-order valence-electron chi connectivity index (χ3n) is 4.71. The Morgan fingerprint density at radius 3 is 2.67 bits per heavy atom. The molecule has 1 amide bonds. The molecule has 2 aliphatic rings. The molecular weight excluding hydrogens is 250 g/mol. The molecule has 0 aromatic rings. The van der Waals surface area contributed by atoms with Crippen molar-refractivity contribution in [2.24, 2.45) is 17.8 Å². The maximum Gasteiger partial charge on any atom is 0.226 e. The van der Waals surface area contributed by atoms with Crippen molar-refractivity contribution in [2.45, 2.75) is 51.0 Å². The summed E-state index contributed by atoms with van der Waals surface area (Å²) in [5.74, 6) is 1.34. The van der Waals surface area contributed by atoms with Crippen LogP contribution < -0.4 is 0 Å². The minimum absolute atomic E-state index is 0.0729. The third kappa shape index (κ3) is 2.83. The van der Waals surface area contributed by atoms with Crippen LogP contribution in [-0.2, 0) is 4.79 Å². The molecule has 1 heterocycles. The SMILES string of the molecule is CCC(C)C1CCC(Cl)CC1C(=O)N1CC(O)C1. The molecule has 1 saturated heterocycles. The Morgan fingerprint density at radius 1 is 1.44 bits per heavy atom. The van der Waals surface area contributed by atoms with Gasteiger partial charge in [-0.3, -0.25) is 4.79 Å². The van der Waals surface area contributed by atoms with E-state index >= 15 is 0 Å². The van der Waals surface area contributed by atoms with E-state index < -0.39 is 0 Å². The van der Waals surface area contributed by atoms with Gasteiger partial charge in [0.05, 0.1) is 6.10 Å². The van der Waals surface area contributed by atoms with E-state index in [0.29, 0.717) is 24.9 Å². The standard InChI is InChI=1S/C14H24ClNO2/c1-3-9(2)12-5-4-10(15)6-13(12)14(18)16-7-11(17)8-16/h9-13,17H,3-8H2,1-2H3. The average Bonchev–Trinajstić information content (AvgIpc) is 2.33. The van der Waals surface area contributed by atoms with Gasteiger partial charge >= 0.3 is 0 Å². The molecule has 4 unspecified atom stereocenters. The van der Waals surface area contributed by atoms with Crippen molar-refractivity contribution in [3.63, 3.8) is 0 Å². The number of rotatable bonds is 3. The van der Waals surface area contributed by atoms with Crippen molar-refractivity contribution in [3.05, 3.63) is 0 Å². The minimum atomic E-state index is -0.314. The fourth-order valence-electron chi connectivity index (χ4n) is 3.28. The van der Waals surface area contributed by atoms with Gasteiger partial charge in [0.15, 0.2) is 0 Å². The number of hydrogen-bond acceptors (Lipinski definition) is 2. The van der Waals surface area contributed by atoms with Crippen LogP contribution in [-0.4, -0.2) is 40.5 Å². The summed E-state index contributed by atoms with van der Waals surface area (Å²) < 4.78 is 0. The molecular formula is C14H24ClNO2.